The molecule has 3 rings (SSSR count). The molecule has 0 aromatic heterocycles. The quantitative estimate of drug-likeness (QED) is 0.386. The molecule has 0 unspecified atom stereocenters. The summed E-state index contributed by atoms with van der Waals surface area (Å²) in [5, 5.41) is 4.22. The molecule has 0 radical (unpaired) electrons. The Hall–Kier alpha value is -2.26. The van der Waals surface area contributed by atoms with Gasteiger partial charge in [-0.05, 0) is 0 Å². The Morgan fingerprint density at radius 3 is 2.18 bits per heavy atom. The number of ether oxygens (including phenoxy) is 1. The van der Waals surface area contributed by atoms with Gasteiger partial charge in [0.05, 0.1) is 0 Å². The summed E-state index contributed by atoms with van der Waals surface area (Å²) in [5.74, 6) is -0.185. The van der Waals surface area contributed by atoms with Crippen LogP contribution in [0.5, 0.6) is 0 Å². The van der Waals surface area contributed by atoms with Crippen LogP contribution in [0.1, 0.15) is 18.5 Å². The number of carbonyl (C=O) groups excluding carboxylic acids is 1. The zero-order valence-corrected chi connectivity index (χ0v) is 18.0. The summed E-state index contributed by atoms with van der Waals surface area (Å²) < 4.78 is 6.61. The Bertz CT molecular complexity index is 872. The third-order valence-corrected chi connectivity index (χ3v) is 7.05. The first-order chi connectivity index (χ1) is 13.7. The Kier molecular flexibility index (Phi) is 7.55. The zero-order valence-electron chi connectivity index (χ0n) is 15.5. The normalized spacial score (nSPS) is 12.8. The van der Waals surface area contributed by atoms with E-state index in [1.807, 2.05) is 79.7 Å². The zero-order chi connectivity index (χ0) is 19.8. The van der Waals surface area contributed by atoms with Gasteiger partial charge in [-0.2, -0.15) is 0 Å². The summed E-state index contributed by atoms with van der Waals surface area (Å²) in [5.41, 5.74) is 1.96. The second kappa shape index (κ2) is 10.3. The van der Waals surface area contributed by atoms with Gasteiger partial charge in [0.1, 0.15) is 0 Å². The molecule has 0 heterocycles. The predicted octanol–water partition coefficient (Wildman–Crippen LogP) is 4.87. The monoisotopic (exact) mass is 459 g/mol. The summed E-state index contributed by atoms with van der Waals surface area (Å²) in [6.45, 7) is 2.20. The Balaban J connectivity index is 1.98. The molecule has 3 nitrogen and oxygen atoms in total. The van der Waals surface area contributed by atoms with Gasteiger partial charge in [-0.3, -0.25) is 0 Å². The van der Waals surface area contributed by atoms with Crippen molar-refractivity contribution in [3.63, 3.8) is 0 Å². The second-order valence-electron chi connectivity index (χ2n) is 6.14. The van der Waals surface area contributed by atoms with Gasteiger partial charge >= 0.3 is 177 Å². The van der Waals surface area contributed by atoms with E-state index in [9.17, 15) is 4.79 Å². The molecule has 28 heavy (non-hydrogen) atoms. The minimum atomic E-state index is -0.323. The molecule has 0 saturated carbocycles. The Morgan fingerprint density at radius 2 is 1.57 bits per heavy atom. The molecular weight excluding hydrogens is 437 g/mol. The van der Waals surface area contributed by atoms with E-state index in [1.165, 1.54) is 0 Å². The number of esters is 1. The molecule has 0 aliphatic rings. The first kappa shape index (κ1) is 20.5. The van der Waals surface area contributed by atoms with Crippen molar-refractivity contribution >= 4 is 42.7 Å². The van der Waals surface area contributed by atoms with Crippen LogP contribution in [0, 0.1) is 0 Å². The average molecular weight is 459 g/mol. The second-order valence-corrected chi connectivity index (χ2v) is 9.13. The van der Waals surface area contributed by atoms with Gasteiger partial charge < -0.3 is 0 Å². The van der Waals surface area contributed by atoms with E-state index in [0.717, 1.165) is 15.7 Å². The Morgan fingerprint density at radius 1 is 0.964 bits per heavy atom. The van der Waals surface area contributed by atoms with Crippen LogP contribution < -0.4 is 9.78 Å². The maximum atomic E-state index is 12.9. The molecular formula is C23H22ClNO2Se. The van der Waals surface area contributed by atoms with Crippen molar-refractivity contribution in [2.45, 2.75) is 17.8 Å². The van der Waals surface area contributed by atoms with E-state index in [4.69, 9.17) is 16.3 Å². The average Bonchev–Trinajstić information content (AvgIpc) is 2.73. The fourth-order valence-corrected chi connectivity index (χ4v) is 5.34. The first-order valence-electron chi connectivity index (χ1n) is 9.12. The molecule has 144 valence electrons. The molecule has 0 aliphatic carbocycles. The van der Waals surface area contributed by atoms with Crippen molar-refractivity contribution in [2.75, 3.05) is 11.9 Å². The van der Waals surface area contributed by atoms with Gasteiger partial charge in [-0.15, -0.1) is 0 Å². The van der Waals surface area contributed by atoms with Gasteiger partial charge in [0.2, 0.25) is 0 Å². The van der Waals surface area contributed by atoms with Crippen LogP contribution in [0.15, 0.2) is 84.9 Å². The van der Waals surface area contributed by atoms with Crippen molar-refractivity contribution in [1.82, 2.24) is 0 Å². The number of rotatable bonds is 8. The third-order valence-electron chi connectivity index (χ3n) is 4.15. The number of nitrogens with one attached hydrogen (secondary N) is 1. The van der Waals surface area contributed by atoms with E-state index in [2.05, 4.69) is 17.4 Å². The van der Waals surface area contributed by atoms with E-state index in [0.29, 0.717) is 11.6 Å². The molecule has 0 spiro atoms. The van der Waals surface area contributed by atoms with Crippen molar-refractivity contribution in [3.8, 4) is 0 Å². The summed E-state index contributed by atoms with van der Waals surface area (Å²) in [4.78, 5) is 12.6. The number of para-hydroxylation sites is 1. The van der Waals surface area contributed by atoms with Crippen molar-refractivity contribution in [3.05, 3.63) is 95.5 Å². The molecule has 0 aliphatic heterocycles. The van der Waals surface area contributed by atoms with Crippen molar-refractivity contribution in [2.24, 2.45) is 0 Å². The third kappa shape index (κ3) is 5.62. The molecule has 2 atom stereocenters. The molecule has 0 bridgehead atoms. The number of hydrogen-bond acceptors (Lipinski definition) is 3. The van der Waals surface area contributed by atoms with E-state index >= 15 is 0 Å². The predicted molar refractivity (Wildman–Crippen MR) is 116 cm³/mol. The van der Waals surface area contributed by atoms with E-state index in [-0.39, 0.29) is 31.8 Å². The van der Waals surface area contributed by atoms with Crippen LogP contribution in [-0.4, -0.2) is 27.5 Å². The minimum absolute atomic E-state index is 0.112. The number of anilines is 1. The molecule has 0 fully saturated rings. The van der Waals surface area contributed by atoms with Crippen LogP contribution in [0.25, 0.3) is 0 Å². The standard InChI is InChI=1S/C23H22ClNO2Se/c1-2-27-23(26)22(28-20-11-7-4-8-12-20)21(17-13-15-18(24)16-14-17)25-19-9-5-3-6-10-19/h3-16,21-22,25H,2H2,1H3/t21-,22+/m0/s1. The number of halogens is 1. The fourth-order valence-electron chi connectivity index (χ4n) is 2.84. The van der Waals surface area contributed by atoms with Gasteiger partial charge in [0, 0.05) is 0 Å². The van der Waals surface area contributed by atoms with Gasteiger partial charge in [-0.25, -0.2) is 0 Å². The Labute approximate surface area is 177 Å². The van der Waals surface area contributed by atoms with Crippen LogP contribution in [0.4, 0.5) is 5.69 Å². The number of benzene rings is 3. The van der Waals surface area contributed by atoms with Crippen molar-refractivity contribution in [1.29, 1.82) is 0 Å². The fraction of sp³-hybridized carbons (Fsp3) is 0.174. The molecule has 3 aromatic carbocycles. The summed E-state index contributed by atoms with van der Waals surface area (Å²) in [6.07, 6.45) is 0. The van der Waals surface area contributed by atoms with Crippen molar-refractivity contribution < 1.29 is 9.53 Å². The maximum absolute atomic E-state index is 12.9. The van der Waals surface area contributed by atoms with Gasteiger partial charge in [-0.1, -0.05) is 0 Å². The van der Waals surface area contributed by atoms with Gasteiger partial charge in [0.15, 0.2) is 0 Å². The van der Waals surface area contributed by atoms with E-state index in [1.54, 1.807) is 0 Å². The summed E-state index contributed by atoms with van der Waals surface area (Å²) in [7, 11) is 0. The van der Waals surface area contributed by atoms with Gasteiger partial charge in [0.25, 0.3) is 0 Å². The van der Waals surface area contributed by atoms with Crippen LogP contribution >= 0.6 is 11.6 Å². The SMILES string of the molecule is CCOC(=O)[C@H]([Se]c1ccccc1)[C@@H](Nc1ccccc1)c1ccc(Cl)cc1. The molecule has 5 heteroatoms. The topological polar surface area (TPSA) is 38.3 Å². The van der Waals surface area contributed by atoms with Crippen LogP contribution in [0.2, 0.25) is 9.84 Å². The molecule has 0 amide bonds. The molecule has 1 N–H and O–H groups in total. The van der Waals surface area contributed by atoms with Crippen LogP contribution in [-0.2, 0) is 9.53 Å². The summed E-state index contributed by atoms with van der Waals surface area (Å²) >= 11 is 5.98. The number of hydrogen-bond donors (Lipinski definition) is 1. The number of carbonyl (C=O) groups is 1. The molecule has 0 saturated heterocycles. The first-order valence-corrected chi connectivity index (χ1v) is 11.3. The van der Waals surface area contributed by atoms with Crippen LogP contribution in [0.3, 0.4) is 0 Å². The summed E-state index contributed by atoms with van der Waals surface area (Å²) in [6, 6.07) is 27.5. The molecule has 3 aromatic rings. The van der Waals surface area contributed by atoms with E-state index < -0.39 is 0 Å².